The van der Waals surface area contributed by atoms with Crippen LogP contribution in [0.3, 0.4) is 0 Å². The topological polar surface area (TPSA) is 76.0 Å². The molecule has 3 rings (SSSR count). The Morgan fingerprint density at radius 3 is 2.26 bits per heavy atom. The number of likely N-dealkylation sites (N-methyl/N-ethyl adjacent to an activating group) is 1. The summed E-state index contributed by atoms with van der Waals surface area (Å²) < 4.78 is 0. The molecule has 0 saturated carbocycles. The number of aromatic carboxylic acids is 1. The maximum absolute atomic E-state index is 11.1. The first-order chi connectivity index (χ1) is 16.5. The molecular weight excluding hydrogens is 438 g/mol. The Labute approximate surface area is 210 Å². The Hall–Kier alpha value is -3.01. The van der Waals surface area contributed by atoms with Crippen molar-refractivity contribution in [2.75, 3.05) is 50.0 Å². The maximum atomic E-state index is 11.1. The van der Waals surface area contributed by atoms with Crippen molar-refractivity contribution in [1.82, 2.24) is 4.90 Å². The van der Waals surface area contributed by atoms with Gasteiger partial charge in [-0.3, -0.25) is 0 Å². The molecule has 0 aliphatic carbocycles. The van der Waals surface area contributed by atoms with Crippen LogP contribution < -0.4 is 10.2 Å². The molecule has 2 aromatic carbocycles. The Balaban J connectivity index is 2.02. The van der Waals surface area contributed by atoms with Gasteiger partial charge in [-0.2, -0.15) is 0 Å². The minimum Gasteiger partial charge on any atom is -0.478 e. The summed E-state index contributed by atoms with van der Waals surface area (Å²) in [6.07, 6.45) is -0.958. The minimum atomic E-state index is -0.971. The molecule has 0 spiro atoms. The molecule has 188 valence electrons. The second-order valence-corrected chi connectivity index (χ2v) is 10.8. The second kappa shape index (κ2) is 11.2. The summed E-state index contributed by atoms with van der Waals surface area (Å²) in [5.41, 5.74) is 4.95. The summed E-state index contributed by atoms with van der Waals surface area (Å²) in [6.45, 7) is 15.7. The zero-order chi connectivity index (χ0) is 25.8. The molecule has 1 aliphatic heterocycles. The van der Waals surface area contributed by atoms with Crippen molar-refractivity contribution in [2.24, 2.45) is 5.92 Å². The van der Waals surface area contributed by atoms with Crippen LogP contribution in [0.2, 0.25) is 0 Å². The van der Waals surface area contributed by atoms with Gasteiger partial charge in [0.1, 0.15) is 6.10 Å². The van der Waals surface area contributed by atoms with Gasteiger partial charge in [-0.05, 0) is 65.9 Å². The molecule has 1 aliphatic rings. The SMILES string of the molecule is CC(C)CNc1c(N2CCN(C)CC2)cc(C(O)C#Cc2ccc(C(=O)O)cc2)cc1C(C)(C)C. The van der Waals surface area contributed by atoms with Gasteiger partial charge in [0.2, 0.25) is 0 Å². The number of aliphatic hydroxyl groups excluding tert-OH is 1. The van der Waals surface area contributed by atoms with Gasteiger partial charge >= 0.3 is 5.97 Å². The van der Waals surface area contributed by atoms with Crippen LogP contribution in [0.1, 0.15) is 67.8 Å². The molecule has 1 saturated heterocycles. The van der Waals surface area contributed by atoms with E-state index in [1.54, 1.807) is 12.1 Å². The number of hydrogen-bond acceptors (Lipinski definition) is 5. The molecule has 1 unspecified atom stereocenters. The predicted octanol–water partition coefficient (Wildman–Crippen LogP) is 4.59. The minimum absolute atomic E-state index is 0.129. The average molecular weight is 478 g/mol. The molecule has 6 heteroatoms. The van der Waals surface area contributed by atoms with Crippen LogP contribution in [-0.4, -0.2) is 60.9 Å². The second-order valence-electron chi connectivity index (χ2n) is 10.8. The zero-order valence-corrected chi connectivity index (χ0v) is 21.9. The average Bonchev–Trinajstić information content (AvgIpc) is 2.80. The molecular formula is C29H39N3O3. The first kappa shape index (κ1) is 26.6. The van der Waals surface area contributed by atoms with Gasteiger partial charge in [-0.1, -0.05) is 46.5 Å². The number of benzene rings is 2. The van der Waals surface area contributed by atoms with E-state index in [0.29, 0.717) is 11.5 Å². The quantitative estimate of drug-likeness (QED) is 0.529. The van der Waals surface area contributed by atoms with Crippen molar-refractivity contribution >= 4 is 17.3 Å². The lowest BCUT2D eigenvalue weighted by Gasteiger charge is -2.37. The van der Waals surface area contributed by atoms with Crippen molar-refractivity contribution < 1.29 is 15.0 Å². The first-order valence-corrected chi connectivity index (χ1v) is 12.3. The van der Waals surface area contributed by atoms with Gasteiger partial charge in [-0.15, -0.1) is 0 Å². The Kier molecular flexibility index (Phi) is 8.47. The lowest BCUT2D eigenvalue weighted by Crippen LogP contribution is -2.45. The zero-order valence-electron chi connectivity index (χ0n) is 21.9. The van der Waals surface area contributed by atoms with Crippen molar-refractivity contribution in [3.8, 4) is 11.8 Å². The standard InChI is InChI=1S/C29H39N3O3/c1-20(2)19-30-27-24(29(3,4)5)17-23(18-25(27)32-15-13-31(6)14-16-32)26(33)12-9-21-7-10-22(11-8-21)28(34)35/h7-8,10-11,17-18,20,26,30,33H,13-16,19H2,1-6H3,(H,34,35). The van der Waals surface area contributed by atoms with E-state index in [2.05, 4.69) is 80.8 Å². The molecule has 3 N–H and O–H groups in total. The van der Waals surface area contributed by atoms with E-state index in [1.807, 2.05) is 0 Å². The summed E-state index contributed by atoms with van der Waals surface area (Å²) in [4.78, 5) is 15.8. The number of anilines is 2. The third-order valence-corrected chi connectivity index (χ3v) is 6.28. The molecule has 1 fully saturated rings. The highest BCUT2D eigenvalue weighted by Crippen LogP contribution is 2.40. The molecule has 0 amide bonds. The Bertz CT molecular complexity index is 1080. The number of nitrogens with zero attached hydrogens (tertiary/aromatic N) is 2. The molecule has 6 nitrogen and oxygen atoms in total. The van der Waals surface area contributed by atoms with E-state index < -0.39 is 12.1 Å². The van der Waals surface area contributed by atoms with Crippen LogP contribution in [0.25, 0.3) is 0 Å². The highest BCUT2D eigenvalue weighted by Gasteiger charge is 2.26. The van der Waals surface area contributed by atoms with E-state index in [-0.39, 0.29) is 11.0 Å². The van der Waals surface area contributed by atoms with Gasteiger partial charge in [0, 0.05) is 38.3 Å². The largest absolute Gasteiger partial charge is 0.478 e. The number of piperazine rings is 1. The van der Waals surface area contributed by atoms with E-state index in [4.69, 9.17) is 5.11 Å². The molecule has 0 bridgehead atoms. The summed E-state index contributed by atoms with van der Waals surface area (Å²) in [5, 5.41) is 23.9. The number of aliphatic hydroxyl groups is 1. The Morgan fingerprint density at radius 1 is 1.09 bits per heavy atom. The molecule has 0 radical (unpaired) electrons. The molecule has 1 heterocycles. The van der Waals surface area contributed by atoms with Crippen molar-refractivity contribution in [1.29, 1.82) is 0 Å². The molecule has 35 heavy (non-hydrogen) atoms. The van der Waals surface area contributed by atoms with Crippen LogP contribution in [-0.2, 0) is 5.41 Å². The number of carboxylic acids is 1. The fraction of sp³-hybridized carbons (Fsp3) is 0.483. The number of nitrogens with one attached hydrogen (secondary N) is 1. The Morgan fingerprint density at radius 2 is 1.71 bits per heavy atom. The van der Waals surface area contributed by atoms with Gasteiger partial charge in [0.15, 0.2) is 0 Å². The lowest BCUT2D eigenvalue weighted by atomic mass is 9.83. The van der Waals surface area contributed by atoms with E-state index >= 15 is 0 Å². The predicted molar refractivity (Wildman–Crippen MR) is 143 cm³/mol. The first-order valence-electron chi connectivity index (χ1n) is 12.3. The van der Waals surface area contributed by atoms with Gasteiger partial charge in [0.05, 0.1) is 16.9 Å². The summed E-state index contributed by atoms with van der Waals surface area (Å²) in [6, 6.07) is 10.5. The molecule has 1 atom stereocenters. The lowest BCUT2D eigenvalue weighted by molar-refractivity contribution is 0.0697. The van der Waals surface area contributed by atoms with Crippen molar-refractivity contribution in [2.45, 2.75) is 46.1 Å². The fourth-order valence-corrected chi connectivity index (χ4v) is 4.12. The van der Waals surface area contributed by atoms with Crippen LogP contribution in [0, 0.1) is 17.8 Å². The van der Waals surface area contributed by atoms with E-state index in [9.17, 15) is 9.90 Å². The van der Waals surface area contributed by atoms with Crippen molar-refractivity contribution in [3.63, 3.8) is 0 Å². The summed E-state index contributed by atoms with van der Waals surface area (Å²) >= 11 is 0. The number of carbonyl (C=O) groups is 1. The van der Waals surface area contributed by atoms with Crippen LogP contribution in [0.4, 0.5) is 11.4 Å². The third kappa shape index (κ3) is 7.00. The number of rotatable bonds is 6. The maximum Gasteiger partial charge on any atom is 0.335 e. The van der Waals surface area contributed by atoms with Crippen LogP contribution in [0.15, 0.2) is 36.4 Å². The molecule has 2 aromatic rings. The summed E-state index contributed by atoms with van der Waals surface area (Å²) in [5.74, 6) is 5.49. The van der Waals surface area contributed by atoms with E-state index in [1.165, 1.54) is 12.1 Å². The number of hydrogen-bond donors (Lipinski definition) is 3. The van der Waals surface area contributed by atoms with Crippen molar-refractivity contribution in [3.05, 3.63) is 58.7 Å². The molecule has 0 aromatic heterocycles. The highest BCUT2D eigenvalue weighted by atomic mass is 16.4. The monoisotopic (exact) mass is 477 g/mol. The normalized spacial score (nSPS) is 15.5. The third-order valence-electron chi connectivity index (χ3n) is 6.28. The number of carboxylic acid groups (broad SMARTS) is 1. The fourth-order valence-electron chi connectivity index (χ4n) is 4.12. The van der Waals surface area contributed by atoms with E-state index in [0.717, 1.165) is 55.2 Å². The van der Waals surface area contributed by atoms with Gasteiger partial charge in [-0.25, -0.2) is 4.79 Å². The smallest absolute Gasteiger partial charge is 0.335 e. The van der Waals surface area contributed by atoms with Gasteiger partial charge in [0.25, 0.3) is 0 Å². The van der Waals surface area contributed by atoms with Crippen LogP contribution >= 0.6 is 0 Å². The van der Waals surface area contributed by atoms with Crippen LogP contribution in [0.5, 0.6) is 0 Å². The van der Waals surface area contributed by atoms with Gasteiger partial charge < -0.3 is 25.3 Å². The highest BCUT2D eigenvalue weighted by molar-refractivity contribution is 5.87. The summed E-state index contributed by atoms with van der Waals surface area (Å²) in [7, 11) is 2.15.